The van der Waals surface area contributed by atoms with Crippen LogP contribution in [-0.4, -0.2) is 25.4 Å². The van der Waals surface area contributed by atoms with Gasteiger partial charge in [0.2, 0.25) is 0 Å². The Bertz CT molecular complexity index is 326. The summed E-state index contributed by atoms with van der Waals surface area (Å²) in [5.41, 5.74) is 2.54. The zero-order valence-electron chi connectivity index (χ0n) is 10.8. The minimum absolute atomic E-state index is 0.282. The van der Waals surface area contributed by atoms with E-state index in [1.54, 1.807) is 7.11 Å². The van der Waals surface area contributed by atoms with Gasteiger partial charge in [0.25, 0.3) is 0 Å². The summed E-state index contributed by atoms with van der Waals surface area (Å²) >= 11 is 0. The number of ether oxygens (including phenoxy) is 1. The SMILES string of the molecule is CCc1cc(CNCCCCO)ccc1OC. The second-order valence-corrected chi connectivity index (χ2v) is 4.11. The number of aryl methyl sites for hydroxylation is 1. The number of aliphatic hydroxyl groups excluding tert-OH is 1. The van der Waals surface area contributed by atoms with E-state index in [2.05, 4.69) is 24.4 Å². The molecule has 3 heteroatoms. The van der Waals surface area contributed by atoms with Gasteiger partial charge in [-0.3, -0.25) is 0 Å². The van der Waals surface area contributed by atoms with Crippen molar-refractivity contribution in [3.63, 3.8) is 0 Å². The Morgan fingerprint density at radius 1 is 1.29 bits per heavy atom. The van der Waals surface area contributed by atoms with Crippen molar-refractivity contribution in [2.75, 3.05) is 20.3 Å². The highest BCUT2D eigenvalue weighted by atomic mass is 16.5. The first kappa shape index (κ1) is 14.0. The summed E-state index contributed by atoms with van der Waals surface area (Å²) in [6, 6.07) is 6.32. The lowest BCUT2D eigenvalue weighted by Gasteiger charge is -2.10. The predicted molar refractivity (Wildman–Crippen MR) is 70.4 cm³/mol. The molecule has 0 unspecified atom stereocenters. The second kappa shape index (κ2) is 8.09. The molecule has 0 spiro atoms. The van der Waals surface area contributed by atoms with Gasteiger partial charge in [-0.2, -0.15) is 0 Å². The topological polar surface area (TPSA) is 41.5 Å². The average molecular weight is 237 g/mol. The lowest BCUT2D eigenvalue weighted by Crippen LogP contribution is -2.15. The average Bonchev–Trinajstić information content (AvgIpc) is 2.38. The first-order chi connectivity index (χ1) is 8.31. The van der Waals surface area contributed by atoms with E-state index >= 15 is 0 Å². The fraction of sp³-hybridized carbons (Fsp3) is 0.571. The molecule has 96 valence electrons. The molecule has 1 rings (SSSR count). The molecule has 1 aromatic rings. The highest BCUT2D eigenvalue weighted by molar-refractivity contribution is 5.37. The standard InChI is InChI=1S/C14H23NO2/c1-3-13-10-12(6-7-14(13)17-2)11-15-8-4-5-9-16/h6-7,10,15-16H,3-5,8-9,11H2,1-2H3. The van der Waals surface area contributed by atoms with E-state index in [9.17, 15) is 0 Å². The van der Waals surface area contributed by atoms with Gasteiger partial charge < -0.3 is 15.2 Å². The summed E-state index contributed by atoms with van der Waals surface area (Å²) in [5, 5.41) is 12.0. The van der Waals surface area contributed by atoms with Crippen LogP contribution in [0.5, 0.6) is 5.75 Å². The minimum atomic E-state index is 0.282. The maximum Gasteiger partial charge on any atom is 0.122 e. The molecule has 0 amide bonds. The molecule has 0 aliphatic rings. The molecule has 3 nitrogen and oxygen atoms in total. The molecule has 0 saturated heterocycles. The van der Waals surface area contributed by atoms with Crippen molar-refractivity contribution in [1.29, 1.82) is 0 Å². The van der Waals surface area contributed by atoms with Gasteiger partial charge in [-0.25, -0.2) is 0 Å². The van der Waals surface area contributed by atoms with Crippen molar-refractivity contribution in [2.45, 2.75) is 32.7 Å². The Labute approximate surface area is 104 Å². The van der Waals surface area contributed by atoms with Crippen LogP contribution in [0, 0.1) is 0 Å². The van der Waals surface area contributed by atoms with E-state index in [0.717, 1.165) is 38.1 Å². The summed E-state index contributed by atoms with van der Waals surface area (Å²) < 4.78 is 5.30. The molecular weight excluding hydrogens is 214 g/mol. The van der Waals surface area contributed by atoms with Gasteiger partial charge >= 0.3 is 0 Å². The van der Waals surface area contributed by atoms with Crippen LogP contribution in [0.3, 0.4) is 0 Å². The van der Waals surface area contributed by atoms with Crippen molar-refractivity contribution >= 4 is 0 Å². The van der Waals surface area contributed by atoms with Gasteiger partial charge in [0, 0.05) is 13.2 Å². The van der Waals surface area contributed by atoms with Crippen LogP contribution in [0.1, 0.15) is 30.9 Å². The van der Waals surface area contributed by atoms with Crippen LogP contribution in [0.4, 0.5) is 0 Å². The normalized spacial score (nSPS) is 10.5. The van der Waals surface area contributed by atoms with Crippen LogP contribution >= 0.6 is 0 Å². The van der Waals surface area contributed by atoms with Crippen molar-refractivity contribution < 1.29 is 9.84 Å². The third kappa shape index (κ3) is 4.75. The second-order valence-electron chi connectivity index (χ2n) is 4.11. The van der Waals surface area contributed by atoms with Gasteiger partial charge in [0.05, 0.1) is 7.11 Å². The number of nitrogens with one attached hydrogen (secondary N) is 1. The number of hydrogen-bond acceptors (Lipinski definition) is 3. The highest BCUT2D eigenvalue weighted by Gasteiger charge is 2.02. The molecule has 0 heterocycles. The van der Waals surface area contributed by atoms with Gasteiger partial charge in [-0.15, -0.1) is 0 Å². The van der Waals surface area contributed by atoms with E-state index < -0.39 is 0 Å². The molecule has 0 atom stereocenters. The smallest absolute Gasteiger partial charge is 0.122 e. The van der Waals surface area contributed by atoms with Crippen molar-refractivity contribution in [1.82, 2.24) is 5.32 Å². The molecule has 2 N–H and O–H groups in total. The quantitative estimate of drug-likeness (QED) is 0.680. The molecule has 0 aliphatic heterocycles. The van der Waals surface area contributed by atoms with Crippen molar-refractivity contribution in [3.05, 3.63) is 29.3 Å². The van der Waals surface area contributed by atoms with Gasteiger partial charge in [-0.1, -0.05) is 19.1 Å². The predicted octanol–water partition coefficient (Wildman–Crippen LogP) is 2.12. The largest absolute Gasteiger partial charge is 0.496 e. The number of benzene rings is 1. The molecule has 17 heavy (non-hydrogen) atoms. The molecule has 0 radical (unpaired) electrons. The van der Waals surface area contributed by atoms with Crippen LogP contribution < -0.4 is 10.1 Å². The minimum Gasteiger partial charge on any atom is -0.496 e. The number of aliphatic hydroxyl groups is 1. The summed E-state index contributed by atoms with van der Waals surface area (Å²) in [7, 11) is 1.71. The first-order valence-electron chi connectivity index (χ1n) is 6.29. The fourth-order valence-corrected chi connectivity index (χ4v) is 1.81. The summed E-state index contributed by atoms with van der Waals surface area (Å²) in [5.74, 6) is 0.969. The number of methoxy groups -OCH3 is 1. The molecule has 0 fully saturated rings. The third-order valence-electron chi connectivity index (χ3n) is 2.82. The van der Waals surface area contributed by atoms with Gasteiger partial charge in [-0.05, 0) is 43.0 Å². The van der Waals surface area contributed by atoms with Crippen molar-refractivity contribution in [2.24, 2.45) is 0 Å². The summed E-state index contributed by atoms with van der Waals surface area (Å²) in [6.07, 6.45) is 2.88. The number of rotatable bonds is 8. The highest BCUT2D eigenvalue weighted by Crippen LogP contribution is 2.20. The van der Waals surface area contributed by atoms with Gasteiger partial charge in [0.1, 0.15) is 5.75 Å². The zero-order valence-corrected chi connectivity index (χ0v) is 10.8. The zero-order chi connectivity index (χ0) is 12.5. The Hall–Kier alpha value is -1.06. The molecule has 0 bridgehead atoms. The Morgan fingerprint density at radius 2 is 2.12 bits per heavy atom. The van der Waals surface area contributed by atoms with E-state index in [4.69, 9.17) is 9.84 Å². The maximum absolute atomic E-state index is 8.67. The third-order valence-corrected chi connectivity index (χ3v) is 2.82. The molecule has 1 aromatic carbocycles. The Morgan fingerprint density at radius 3 is 2.76 bits per heavy atom. The first-order valence-corrected chi connectivity index (χ1v) is 6.29. The number of unbranched alkanes of at least 4 members (excludes halogenated alkanes) is 1. The molecule has 0 saturated carbocycles. The maximum atomic E-state index is 8.67. The Balaban J connectivity index is 2.43. The number of hydrogen-bond donors (Lipinski definition) is 2. The Kier molecular flexibility index (Phi) is 6.67. The lowest BCUT2D eigenvalue weighted by molar-refractivity contribution is 0.283. The molecular formula is C14H23NO2. The van der Waals surface area contributed by atoms with Gasteiger partial charge in [0.15, 0.2) is 0 Å². The summed E-state index contributed by atoms with van der Waals surface area (Å²) in [6.45, 7) is 4.25. The van der Waals surface area contributed by atoms with Crippen LogP contribution in [0.25, 0.3) is 0 Å². The molecule has 0 aliphatic carbocycles. The summed E-state index contributed by atoms with van der Waals surface area (Å²) in [4.78, 5) is 0. The van der Waals surface area contributed by atoms with E-state index in [1.807, 2.05) is 6.07 Å². The van der Waals surface area contributed by atoms with Crippen LogP contribution in [0.2, 0.25) is 0 Å². The van der Waals surface area contributed by atoms with Crippen LogP contribution in [0.15, 0.2) is 18.2 Å². The van der Waals surface area contributed by atoms with Crippen LogP contribution in [-0.2, 0) is 13.0 Å². The van der Waals surface area contributed by atoms with E-state index in [1.165, 1.54) is 11.1 Å². The van der Waals surface area contributed by atoms with E-state index in [-0.39, 0.29) is 6.61 Å². The monoisotopic (exact) mass is 237 g/mol. The fourth-order valence-electron chi connectivity index (χ4n) is 1.81. The van der Waals surface area contributed by atoms with Crippen molar-refractivity contribution in [3.8, 4) is 5.75 Å². The lowest BCUT2D eigenvalue weighted by atomic mass is 10.1. The van der Waals surface area contributed by atoms with E-state index in [0.29, 0.717) is 0 Å². The molecule has 0 aromatic heterocycles.